The fraction of sp³-hybridized carbons (Fsp3) is 0.500. The first-order valence-electron chi connectivity index (χ1n) is 5.68. The second-order valence-corrected chi connectivity index (χ2v) is 4.96. The molecule has 0 unspecified atom stereocenters. The molecule has 2 rings (SSSR count). The Labute approximate surface area is 107 Å². The second kappa shape index (κ2) is 5.87. The van der Waals surface area contributed by atoms with Crippen molar-refractivity contribution in [1.82, 2.24) is 10.4 Å². The lowest BCUT2D eigenvalue weighted by molar-refractivity contribution is 0.151. The van der Waals surface area contributed by atoms with Crippen LogP contribution in [-0.4, -0.2) is 18.1 Å². The predicted molar refractivity (Wildman–Crippen MR) is 68.7 cm³/mol. The number of nitrogens with one attached hydrogen (secondary N) is 1. The molecular weight excluding hydrogens is 243 g/mol. The van der Waals surface area contributed by atoms with Crippen molar-refractivity contribution in [3.05, 3.63) is 33.8 Å². The minimum atomic E-state index is 0.687. The molecule has 88 valence electrons. The Kier molecular flexibility index (Phi) is 4.47. The third-order valence-corrected chi connectivity index (χ3v) is 3.45. The topological polar surface area (TPSA) is 15.3 Å². The van der Waals surface area contributed by atoms with Gasteiger partial charge in [0.25, 0.3) is 0 Å². The number of hydrogen-bond acceptors (Lipinski definition) is 2. The van der Waals surface area contributed by atoms with E-state index in [1.165, 1.54) is 19.3 Å². The molecule has 1 aliphatic rings. The van der Waals surface area contributed by atoms with E-state index in [0.717, 1.165) is 30.2 Å². The average Bonchev–Trinajstić information content (AvgIpc) is 2.29. The van der Waals surface area contributed by atoms with E-state index in [2.05, 4.69) is 10.4 Å². The van der Waals surface area contributed by atoms with Gasteiger partial charge < -0.3 is 0 Å². The Morgan fingerprint density at radius 3 is 2.56 bits per heavy atom. The maximum Gasteiger partial charge on any atom is 0.0466 e. The van der Waals surface area contributed by atoms with Gasteiger partial charge in [-0.1, -0.05) is 35.7 Å². The number of benzene rings is 1. The number of nitrogens with zero attached hydrogens (tertiary/aromatic N) is 1. The lowest BCUT2D eigenvalue weighted by Crippen LogP contribution is -2.41. The Bertz CT molecular complexity index is 349. The Morgan fingerprint density at radius 2 is 1.88 bits per heavy atom. The van der Waals surface area contributed by atoms with E-state index in [9.17, 15) is 0 Å². The fourth-order valence-corrected chi connectivity index (χ4v) is 2.39. The maximum atomic E-state index is 6.10. The maximum absolute atomic E-state index is 6.10. The highest BCUT2D eigenvalue weighted by Gasteiger charge is 2.09. The van der Waals surface area contributed by atoms with Gasteiger partial charge in [0.15, 0.2) is 0 Å². The molecule has 0 amide bonds. The summed E-state index contributed by atoms with van der Waals surface area (Å²) in [5.41, 5.74) is 4.50. The summed E-state index contributed by atoms with van der Waals surface area (Å²) in [6.45, 7) is 3.03. The van der Waals surface area contributed by atoms with Crippen molar-refractivity contribution in [2.45, 2.75) is 25.8 Å². The van der Waals surface area contributed by atoms with Crippen LogP contribution in [0.5, 0.6) is 0 Å². The zero-order chi connectivity index (χ0) is 11.4. The molecular formula is C12H16Cl2N2. The molecule has 0 radical (unpaired) electrons. The smallest absolute Gasteiger partial charge is 0.0466 e. The summed E-state index contributed by atoms with van der Waals surface area (Å²) >= 11 is 12.0. The number of halogens is 2. The van der Waals surface area contributed by atoms with E-state index in [4.69, 9.17) is 23.2 Å². The van der Waals surface area contributed by atoms with E-state index < -0.39 is 0 Å². The van der Waals surface area contributed by atoms with Crippen LogP contribution in [0.2, 0.25) is 10.0 Å². The van der Waals surface area contributed by atoms with Crippen molar-refractivity contribution in [2.75, 3.05) is 13.1 Å². The number of hydrazine groups is 1. The van der Waals surface area contributed by atoms with Crippen LogP contribution >= 0.6 is 23.2 Å². The van der Waals surface area contributed by atoms with Crippen LogP contribution in [0.3, 0.4) is 0 Å². The first kappa shape index (κ1) is 12.2. The van der Waals surface area contributed by atoms with Crippen LogP contribution in [0, 0.1) is 0 Å². The molecule has 0 aliphatic carbocycles. The quantitative estimate of drug-likeness (QED) is 0.893. The Balaban J connectivity index is 1.88. The van der Waals surface area contributed by atoms with Crippen molar-refractivity contribution < 1.29 is 0 Å². The van der Waals surface area contributed by atoms with Crippen LogP contribution in [0.15, 0.2) is 18.2 Å². The summed E-state index contributed by atoms with van der Waals surface area (Å²) in [5.74, 6) is 0. The minimum absolute atomic E-state index is 0.687. The third kappa shape index (κ3) is 3.36. The minimum Gasteiger partial charge on any atom is -0.251 e. The highest BCUT2D eigenvalue weighted by Crippen LogP contribution is 2.21. The van der Waals surface area contributed by atoms with Crippen molar-refractivity contribution in [3.8, 4) is 0 Å². The summed E-state index contributed by atoms with van der Waals surface area (Å²) in [6.07, 6.45) is 3.91. The van der Waals surface area contributed by atoms with Gasteiger partial charge in [-0.25, -0.2) is 5.01 Å². The van der Waals surface area contributed by atoms with Crippen LogP contribution in [0.4, 0.5) is 0 Å². The zero-order valence-electron chi connectivity index (χ0n) is 9.18. The molecule has 0 atom stereocenters. The van der Waals surface area contributed by atoms with Gasteiger partial charge in [-0.2, -0.15) is 0 Å². The van der Waals surface area contributed by atoms with Crippen LogP contribution in [0.25, 0.3) is 0 Å². The Morgan fingerprint density at radius 1 is 1.12 bits per heavy atom. The first-order chi connectivity index (χ1) is 7.75. The highest BCUT2D eigenvalue weighted by atomic mass is 35.5. The summed E-state index contributed by atoms with van der Waals surface area (Å²) in [7, 11) is 0. The van der Waals surface area contributed by atoms with E-state index in [1.54, 1.807) is 6.07 Å². The van der Waals surface area contributed by atoms with Gasteiger partial charge in [0.1, 0.15) is 0 Å². The normalized spacial score (nSPS) is 17.6. The van der Waals surface area contributed by atoms with Crippen molar-refractivity contribution >= 4 is 23.2 Å². The van der Waals surface area contributed by atoms with Crippen molar-refractivity contribution in [2.24, 2.45) is 0 Å². The summed E-state index contributed by atoms with van der Waals surface area (Å²) in [6, 6.07) is 5.64. The van der Waals surface area contributed by atoms with Crippen molar-refractivity contribution in [3.63, 3.8) is 0 Å². The van der Waals surface area contributed by atoms with Gasteiger partial charge in [-0.15, -0.1) is 0 Å². The average molecular weight is 259 g/mol. The molecule has 1 saturated heterocycles. The molecule has 1 aromatic rings. The molecule has 1 heterocycles. The van der Waals surface area contributed by atoms with E-state index in [0.29, 0.717) is 5.02 Å². The molecule has 2 nitrogen and oxygen atoms in total. The standard InChI is InChI=1S/C12H16Cl2N2/c13-11-5-4-10(12(14)8-11)9-15-16-6-2-1-3-7-16/h4-5,8,15H,1-3,6-7,9H2. The monoisotopic (exact) mass is 258 g/mol. The number of rotatable bonds is 3. The van der Waals surface area contributed by atoms with Gasteiger partial charge in [0.2, 0.25) is 0 Å². The van der Waals surface area contributed by atoms with Gasteiger partial charge in [0.05, 0.1) is 0 Å². The first-order valence-corrected chi connectivity index (χ1v) is 6.44. The summed E-state index contributed by atoms with van der Waals surface area (Å²) in [4.78, 5) is 0. The number of hydrogen-bond donors (Lipinski definition) is 1. The van der Waals surface area contributed by atoms with E-state index in [1.807, 2.05) is 12.1 Å². The molecule has 0 aromatic heterocycles. The number of piperidine rings is 1. The van der Waals surface area contributed by atoms with Gasteiger partial charge in [-0.3, -0.25) is 5.43 Å². The molecule has 0 saturated carbocycles. The molecule has 1 N–H and O–H groups in total. The van der Waals surface area contributed by atoms with Crippen LogP contribution in [-0.2, 0) is 6.54 Å². The predicted octanol–water partition coefficient (Wildman–Crippen LogP) is 3.48. The molecule has 16 heavy (non-hydrogen) atoms. The molecule has 1 fully saturated rings. The zero-order valence-corrected chi connectivity index (χ0v) is 10.7. The lowest BCUT2D eigenvalue weighted by atomic mass is 10.2. The van der Waals surface area contributed by atoms with Gasteiger partial charge in [0, 0.05) is 29.7 Å². The van der Waals surface area contributed by atoms with Gasteiger partial charge >= 0.3 is 0 Å². The largest absolute Gasteiger partial charge is 0.251 e. The van der Waals surface area contributed by atoms with Crippen LogP contribution in [0.1, 0.15) is 24.8 Å². The van der Waals surface area contributed by atoms with Crippen molar-refractivity contribution in [1.29, 1.82) is 0 Å². The third-order valence-electron chi connectivity index (χ3n) is 2.86. The van der Waals surface area contributed by atoms with Gasteiger partial charge in [-0.05, 0) is 30.5 Å². The Hall–Kier alpha value is -0.280. The molecule has 1 aliphatic heterocycles. The van der Waals surface area contributed by atoms with E-state index in [-0.39, 0.29) is 0 Å². The van der Waals surface area contributed by atoms with E-state index >= 15 is 0 Å². The molecule has 4 heteroatoms. The molecule has 1 aromatic carbocycles. The second-order valence-electron chi connectivity index (χ2n) is 4.12. The highest BCUT2D eigenvalue weighted by molar-refractivity contribution is 6.35. The fourth-order valence-electron chi connectivity index (χ4n) is 1.91. The lowest BCUT2D eigenvalue weighted by Gasteiger charge is -2.27. The summed E-state index contributed by atoms with van der Waals surface area (Å²) < 4.78 is 0. The van der Waals surface area contributed by atoms with Crippen LogP contribution < -0.4 is 5.43 Å². The summed E-state index contributed by atoms with van der Waals surface area (Å²) in [5, 5.41) is 3.69. The SMILES string of the molecule is Clc1ccc(CNN2CCCCC2)c(Cl)c1. The molecule has 0 bridgehead atoms. The molecule has 0 spiro atoms.